The van der Waals surface area contributed by atoms with Gasteiger partial charge in [0.2, 0.25) is 5.91 Å². The molecule has 0 saturated heterocycles. The van der Waals surface area contributed by atoms with Crippen LogP contribution in [0.15, 0.2) is 24.3 Å². The van der Waals surface area contributed by atoms with Gasteiger partial charge in [-0.25, -0.2) is 4.79 Å². The van der Waals surface area contributed by atoms with Gasteiger partial charge in [0, 0.05) is 6.54 Å². The SMILES string of the molecule is CC(C)Cc1ccc(C(C)C(=O)NC(CN(C)C)C(=O)O)cc1.[H-].[Na+]. The molecule has 0 fully saturated rings. The normalized spacial score (nSPS) is 13.3. The number of carbonyl (C=O) groups excluding carboxylic acids is 1. The second kappa shape index (κ2) is 10.9. The van der Waals surface area contributed by atoms with Gasteiger partial charge in [0.15, 0.2) is 0 Å². The molecule has 24 heavy (non-hydrogen) atoms. The smallest absolute Gasteiger partial charge is 1.00 e. The minimum Gasteiger partial charge on any atom is -1.00 e. The van der Waals surface area contributed by atoms with Gasteiger partial charge in [-0.3, -0.25) is 4.79 Å². The Hall–Kier alpha value is -0.880. The molecule has 1 aromatic carbocycles. The summed E-state index contributed by atoms with van der Waals surface area (Å²) in [5.41, 5.74) is 2.14. The van der Waals surface area contributed by atoms with E-state index in [1.54, 1.807) is 25.9 Å². The molecular formula is C18H29N2NaO3. The molecule has 130 valence electrons. The Balaban J connectivity index is 0. The van der Waals surface area contributed by atoms with Gasteiger partial charge in [-0.1, -0.05) is 38.1 Å². The molecule has 0 spiro atoms. The molecule has 1 aromatic rings. The Morgan fingerprint density at radius 1 is 1.17 bits per heavy atom. The number of carboxylic acids is 1. The van der Waals surface area contributed by atoms with E-state index in [9.17, 15) is 14.7 Å². The van der Waals surface area contributed by atoms with Crippen LogP contribution < -0.4 is 34.9 Å². The third kappa shape index (κ3) is 7.79. The molecule has 6 heteroatoms. The summed E-state index contributed by atoms with van der Waals surface area (Å²) in [4.78, 5) is 25.3. The first-order chi connectivity index (χ1) is 10.7. The van der Waals surface area contributed by atoms with Crippen LogP contribution in [0.5, 0.6) is 0 Å². The molecule has 0 heterocycles. The third-order valence-corrected chi connectivity index (χ3v) is 3.68. The molecule has 0 aliphatic carbocycles. The van der Waals surface area contributed by atoms with E-state index in [4.69, 9.17) is 0 Å². The van der Waals surface area contributed by atoms with E-state index < -0.39 is 12.0 Å². The van der Waals surface area contributed by atoms with Gasteiger partial charge < -0.3 is 16.7 Å². The van der Waals surface area contributed by atoms with Crippen molar-refractivity contribution in [1.29, 1.82) is 0 Å². The number of hydrogen-bond donors (Lipinski definition) is 2. The average molecular weight is 344 g/mol. The van der Waals surface area contributed by atoms with E-state index in [0.29, 0.717) is 5.92 Å². The Bertz CT molecular complexity index is 536. The molecule has 1 amide bonds. The van der Waals surface area contributed by atoms with Crippen molar-refractivity contribution in [2.24, 2.45) is 5.92 Å². The zero-order valence-electron chi connectivity index (χ0n) is 16.7. The quantitative estimate of drug-likeness (QED) is 0.608. The predicted molar refractivity (Wildman–Crippen MR) is 92.6 cm³/mol. The molecule has 2 unspecified atom stereocenters. The van der Waals surface area contributed by atoms with Crippen molar-refractivity contribution in [2.75, 3.05) is 20.6 Å². The number of rotatable bonds is 8. The second-order valence-electron chi connectivity index (χ2n) is 6.72. The summed E-state index contributed by atoms with van der Waals surface area (Å²) in [7, 11) is 3.55. The molecule has 0 aliphatic rings. The first-order valence-electron chi connectivity index (χ1n) is 7.97. The van der Waals surface area contributed by atoms with E-state index in [-0.39, 0.29) is 49.4 Å². The van der Waals surface area contributed by atoms with Crippen molar-refractivity contribution in [3.8, 4) is 0 Å². The average Bonchev–Trinajstić information content (AvgIpc) is 2.45. The maximum Gasteiger partial charge on any atom is 1.00 e. The van der Waals surface area contributed by atoms with Gasteiger partial charge in [0.05, 0.1) is 5.92 Å². The molecule has 2 N–H and O–H groups in total. The van der Waals surface area contributed by atoms with E-state index in [0.717, 1.165) is 12.0 Å². The molecule has 0 saturated carbocycles. The zero-order chi connectivity index (χ0) is 17.6. The number of benzene rings is 1. The minimum atomic E-state index is -1.02. The summed E-state index contributed by atoms with van der Waals surface area (Å²) in [6.45, 7) is 6.39. The Labute approximate surface area is 168 Å². The largest absolute Gasteiger partial charge is 1.00 e. The van der Waals surface area contributed by atoms with Crippen LogP contribution in [0.2, 0.25) is 0 Å². The van der Waals surface area contributed by atoms with E-state index in [2.05, 4.69) is 19.2 Å². The van der Waals surface area contributed by atoms with Crippen molar-refractivity contribution < 1.29 is 45.7 Å². The van der Waals surface area contributed by atoms with E-state index in [1.165, 1.54) is 5.56 Å². The summed E-state index contributed by atoms with van der Waals surface area (Å²) in [5, 5.41) is 11.8. The summed E-state index contributed by atoms with van der Waals surface area (Å²) in [6, 6.07) is 7.06. The molecule has 2 atom stereocenters. The van der Waals surface area contributed by atoms with Crippen molar-refractivity contribution in [3.05, 3.63) is 35.4 Å². The first kappa shape index (κ1) is 23.1. The standard InChI is InChI=1S/C18H28N2O3.Na.H/c1-12(2)10-14-6-8-15(9-7-14)13(3)17(21)19-16(18(22)23)11-20(4)5;;/h6-9,12-13,16H,10-11H2,1-5H3,(H,19,21)(H,22,23);;/q;+1;-1. The summed E-state index contributed by atoms with van der Waals surface area (Å²) < 4.78 is 0. The minimum absolute atomic E-state index is 0. The fourth-order valence-electron chi connectivity index (χ4n) is 2.41. The number of amides is 1. The first-order valence-corrected chi connectivity index (χ1v) is 7.97. The third-order valence-electron chi connectivity index (χ3n) is 3.68. The topological polar surface area (TPSA) is 69.6 Å². The molecule has 0 aromatic heterocycles. The number of carbonyl (C=O) groups is 2. The Morgan fingerprint density at radius 2 is 1.71 bits per heavy atom. The second-order valence-corrected chi connectivity index (χ2v) is 6.72. The molecule has 5 nitrogen and oxygen atoms in total. The molecule has 0 radical (unpaired) electrons. The van der Waals surface area contributed by atoms with Gasteiger partial charge in [-0.05, 0) is 44.5 Å². The van der Waals surface area contributed by atoms with E-state index >= 15 is 0 Å². The molecular weight excluding hydrogens is 315 g/mol. The van der Waals surface area contributed by atoms with Crippen molar-refractivity contribution in [1.82, 2.24) is 10.2 Å². The fourth-order valence-corrected chi connectivity index (χ4v) is 2.41. The zero-order valence-corrected chi connectivity index (χ0v) is 17.7. The van der Waals surface area contributed by atoms with Crippen molar-refractivity contribution >= 4 is 11.9 Å². The van der Waals surface area contributed by atoms with Crippen LogP contribution in [0.1, 0.15) is 39.2 Å². The van der Waals surface area contributed by atoms with Crippen molar-refractivity contribution in [2.45, 2.75) is 39.2 Å². The monoisotopic (exact) mass is 344 g/mol. The maximum atomic E-state index is 12.3. The summed E-state index contributed by atoms with van der Waals surface area (Å²) >= 11 is 0. The fraction of sp³-hybridized carbons (Fsp3) is 0.556. The maximum absolute atomic E-state index is 12.3. The van der Waals surface area contributed by atoms with Crippen LogP contribution in [0.4, 0.5) is 0 Å². The number of carboxylic acid groups (broad SMARTS) is 1. The Morgan fingerprint density at radius 3 is 2.12 bits per heavy atom. The van der Waals surface area contributed by atoms with Crippen molar-refractivity contribution in [3.63, 3.8) is 0 Å². The van der Waals surface area contributed by atoms with Crippen LogP contribution in [-0.2, 0) is 16.0 Å². The number of nitrogens with zero attached hydrogens (tertiary/aromatic N) is 1. The number of likely N-dealkylation sites (N-methyl/N-ethyl adjacent to an activating group) is 1. The van der Waals surface area contributed by atoms with Gasteiger partial charge in [0.25, 0.3) is 0 Å². The Kier molecular flexibility index (Phi) is 10.5. The summed E-state index contributed by atoms with van der Waals surface area (Å²) in [5.74, 6) is -1.08. The van der Waals surface area contributed by atoms with Crippen LogP contribution in [0, 0.1) is 5.92 Å². The van der Waals surface area contributed by atoms with Crippen LogP contribution in [-0.4, -0.2) is 48.6 Å². The molecule has 0 bridgehead atoms. The number of aliphatic carboxylic acids is 1. The van der Waals surface area contributed by atoms with Crippen LogP contribution in [0.3, 0.4) is 0 Å². The van der Waals surface area contributed by atoms with Crippen LogP contribution >= 0.6 is 0 Å². The van der Waals surface area contributed by atoms with Gasteiger partial charge in [-0.15, -0.1) is 0 Å². The molecule has 1 rings (SSSR count). The number of hydrogen-bond acceptors (Lipinski definition) is 3. The van der Waals surface area contributed by atoms with Crippen LogP contribution in [0.25, 0.3) is 0 Å². The molecule has 0 aliphatic heterocycles. The van der Waals surface area contributed by atoms with E-state index in [1.807, 2.05) is 24.3 Å². The number of nitrogens with one attached hydrogen (secondary N) is 1. The van der Waals surface area contributed by atoms with Gasteiger partial charge >= 0.3 is 35.5 Å². The predicted octanol–water partition coefficient (Wildman–Crippen LogP) is -0.764. The van der Waals surface area contributed by atoms with Gasteiger partial charge in [-0.2, -0.15) is 0 Å². The summed E-state index contributed by atoms with van der Waals surface area (Å²) in [6.07, 6.45) is 1.00. The van der Waals surface area contributed by atoms with Gasteiger partial charge in [0.1, 0.15) is 6.04 Å².